The zero-order chi connectivity index (χ0) is 27.6. The number of amides is 2. The number of nitrogens with one attached hydrogen (secondary N) is 2. The summed E-state index contributed by atoms with van der Waals surface area (Å²) in [5, 5.41) is 16.4. The van der Waals surface area contributed by atoms with Gasteiger partial charge in [0.2, 0.25) is 0 Å². The minimum absolute atomic E-state index is 0.159. The number of carbonyl (C=O) groups is 3. The smallest absolute Gasteiger partial charge is 0.328 e. The summed E-state index contributed by atoms with van der Waals surface area (Å²) in [6, 6.07) is 32.7. The Morgan fingerprint density at radius 1 is 0.718 bits per heavy atom. The number of esters is 1. The number of benzene rings is 4. The molecule has 0 aliphatic rings. The van der Waals surface area contributed by atoms with Crippen LogP contribution in [0.4, 0.5) is 0 Å². The topological polar surface area (TPSA) is 105 Å². The van der Waals surface area contributed by atoms with Gasteiger partial charge in [-0.3, -0.25) is 9.59 Å². The number of aliphatic hydroxyl groups is 1. The second kappa shape index (κ2) is 13.2. The Hall–Kier alpha value is -4.75. The summed E-state index contributed by atoms with van der Waals surface area (Å²) in [7, 11) is 1.24. The van der Waals surface area contributed by atoms with E-state index in [-0.39, 0.29) is 6.42 Å². The van der Waals surface area contributed by atoms with Crippen LogP contribution in [0, 0.1) is 0 Å². The van der Waals surface area contributed by atoms with Gasteiger partial charge in [-0.1, -0.05) is 103 Å². The fourth-order valence-corrected chi connectivity index (χ4v) is 4.26. The molecule has 4 aromatic carbocycles. The van der Waals surface area contributed by atoms with Crippen LogP contribution in [-0.2, 0) is 20.7 Å². The molecule has 198 valence electrons. The number of hydrogen-bond acceptors (Lipinski definition) is 5. The fraction of sp³-hybridized carbons (Fsp3) is 0.156. The molecule has 4 rings (SSSR count). The normalized spacial score (nSPS) is 13.0. The van der Waals surface area contributed by atoms with Gasteiger partial charge >= 0.3 is 5.97 Å². The van der Waals surface area contributed by atoms with E-state index in [0.717, 1.165) is 16.7 Å². The number of hydrogen-bond donors (Lipinski definition) is 3. The highest BCUT2D eigenvalue weighted by molar-refractivity contribution is 5.95. The molecule has 3 N–H and O–H groups in total. The molecule has 0 fully saturated rings. The van der Waals surface area contributed by atoms with Crippen LogP contribution in [0.3, 0.4) is 0 Å². The van der Waals surface area contributed by atoms with Gasteiger partial charge in [0.05, 0.1) is 13.2 Å². The van der Waals surface area contributed by atoms with Gasteiger partial charge in [-0.25, -0.2) is 4.79 Å². The van der Waals surface area contributed by atoms with Crippen LogP contribution in [0.2, 0.25) is 0 Å². The quantitative estimate of drug-likeness (QED) is 0.272. The van der Waals surface area contributed by atoms with E-state index in [1.165, 1.54) is 7.11 Å². The first-order valence-corrected chi connectivity index (χ1v) is 12.6. The number of rotatable bonds is 10. The highest BCUT2D eigenvalue weighted by Gasteiger charge is 2.32. The molecule has 2 amide bonds. The number of ether oxygens (including phenoxy) is 1. The minimum Gasteiger partial charge on any atom is -0.467 e. The summed E-state index contributed by atoms with van der Waals surface area (Å²) >= 11 is 0. The molecular formula is C32H30N2O5. The summed E-state index contributed by atoms with van der Waals surface area (Å²) in [5.41, 5.74) is 3.81. The van der Waals surface area contributed by atoms with Gasteiger partial charge in [0, 0.05) is 12.0 Å². The summed E-state index contributed by atoms with van der Waals surface area (Å²) < 4.78 is 4.92. The van der Waals surface area contributed by atoms with Crippen molar-refractivity contribution < 1.29 is 24.2 Å². The van der Waals surface area contributed by atoms with Crippen LogP contribution >= 0.6 is 0 Å². The van der Waals surface area contributed by atoms with E-state index in [4.69, 9.17) is 4.74 Å². The molecule has 0 unspecified atom stereocenters. The van der Waals surface area contributed by atoms with Crippen molar-refractivity contribution in [3.63, 3.8) is 0 Å². The van der Waals surface area contributed by atoms with Crippen LogP contribution in [0.25, 0.3) is 11.1 Å². The third-order valence-electron chi connectivity index (χ3n) is 6.37. The van der Waals surface area contributed by atoms with Crippen molar-refractivity contribution in [1.29, 1.82) is 0 Å². The molecule has 7 heteroatoms. The van der Waals surface area contributed by atoms with Gasteiger partial charge in [0.1, 0.15) is 6.04 Å². The second-order valence-electron chi connectivity index (χ2n) is 9.02. The molecule has 0 aliphatic carbocycles. The van der Waals surface area contributed by atoms with Crippen LogP contribution < -0.4 is 10.6 Å². The Labute approximate surface area is 227 Å². The van der Waals surface area contributed by atoms with E-state index in [1.54, 1.807) is 60.7 Å². The van der Waals surface area contributed by atoms with Crippen LogP contribution in [0.15, 0.2) is 115 Å². The highest BCUT2D eigenvalue weighted by Crippen LogP contribution is 2.21. The lowest BCUT2D eigenvalue weighted by atomic mass is 9.98. The maximum absolute atomic E-state index is 13.2. The van der Waals surface area contributed by atoms with Gasteiger partial charge < -0.3 is 20.5 Å². The highest BCUT2D eigenvalue weighted by atomic mass is 16.5. The van der Waals surface area contributed by atoms with Crippen molar-refractivity contribution in [2.24, 2.45) is 0 Å². The molecule has 0 heterocycles. The SMILES string of the molecule is COC(=O)[C@H](Cc1ccc(-c2ccccc2)cc1)NC(=O)[C@H](O)[C@@H](NC(=O)c1ccccc1)c1ccccc1. The third kappa shape index (κ3) is 7.18. The molecule has 0 saturated carbocycles. The number of aliphatic hydroxyl groups excluding tert-OH is 1. The lowest BCUT2D eigenvalue weighted by molar-refractivity contribution is -0.146. The van der Waals surface area contributed by atoms with Crippen molar-refractivity contribution in [2.75, 3.05) is 7.11 Å². The van der Waals surface area contributed by atoms with E-state index in [1.807, 2.05) is 54.6 Å². The Morgan fingerprint density at radius 2 is 1.26 bits per heavy atom. The van der Waals surface area contributed by atoms with Gasteiger partial charge in [-0.15, -0.1) is 0 Å². The first kappa shape index (κ1) is 27.3. The van der Waals surface area contributed by atoms with Gasteiger partial charge in [-0.05, 0) is 34.4 Å². The van der Waals surface area contributed by atoms with Crippen molar-refractivity contribution in [2.45, 2.75) is 24.6 Å². The molecular weight excluding hydrogens is 492 g/mol. The molecule has 0 bridgehead atoms. The zero-order valence-corrected chi connectivity index (χ0v) is 21.5. The average molecular weight is 523 g/mol. The molecule has 0 aromatic heterocycles. The van der Waals surface area contributed by atoms with Crippen molar-refractivity contribution in [3.8, 4) is 11.1 Å². The Morgan fingerprint density at radius 3 is 1.85 bits per heavy atom. The molecule has 0 aliphatic heterocycles. The Balaban J connectivity index is 1.50. The summed E-state index contributed by atoms with van der Waals surface area (Å²) in [5.74, 6) is -1.90. The van der Waals surface area contributed by atoms with Crippen molar-refractivity contribution >= 4 is 17.8 Å². The second-order valence-corrected chi connectivity index (χ2v) is 9.02. The molecule has 4 aromatic rings. The summed E-state index contributed by atoms with van der Waals surface area (Å²) in [6.45, 7) is 0. The van der Waals surface area contributed by atoms with Crippen LogP contribution in [0.1, 0.15) is 27.5 Å². The molecule has 0 spiro atoms. The largest absolute Gasteiger partial charge is 0.467 e. The Bertz CT molecular complexity index is 1380. The van der Waals surface area contributed by atoms with Crippen LogP contribution in [-0.4, -0.2) is 42.1 Å². The first-order chi connectivity index (χ1) is 19.0. The average Bonchev–Trinajstić information content (AvgIpc) is 3.00. The fourth-order valence-electron chi connectivity index (χ4n) is 4.26. The molecule has 0 radical (unpaired) electrons. The van der Waals surface area contributed by atoms with Crippen LogP contribution in [0.5, 0.6) is 0 Å². The third-order valence-corrected chi connectivity index (χ3v) is 6.37. The zero-order valence-electron chi connectivity index (χ0n) is 21.5. The van der Waals surface area contributed by atoms with Crippen molar-refractivity contribution in [3.05, 3.63) is 132 Å². The molecule has 7 nitrogen and oxygen atoms in total. The lowest BCUT2D eigenvalue weighted by Crippen LogP contribution is -2.51. The van der Waals surface area contributed by atoms with E-state index >= 15 is 0 Å². The Kier molecular flexibility index (Phi) is 9.21. The summed E-state index contributed by atoms with van der Waals surface area (Å²) in [4.78, 5) is 38.7. The maximum Gasteiger partial charge on any atom is 0.328 e. The first-order valence-electron chi connectivity index (χ1n) is 12.6. The van der Waals surface area contributed by atoms with E-state index in [0.29, 0.717) is 11.1 Å². The van der Waals surface area contributed by atoms with E-state index in [9.17, 15) is 19.5 Å². The molecule has 39 heavy (non-hydrogen) atoms. The van der Waals surface area contributed by atoms with Crippen molar-refractivity contribution in [1.82, 2.24) is 10.6 Å². The van der Waals surface area contributed by atoms with Gasteiger partial charge in [-0.2, -0.15) is 0 Å². The van der Waals surface area contributed by atoms with E-state index < -0.39 is 36.0 Å². The minimum atomic E-state index is -1.67. The molecule has 0 saturated heterocycles. The predicted octanol–water partition coefficient (Wildman–Crippen LogP) is 4.09. The number of methoxy groups -OCH3 is 1. The predicted molar refractivity (Wildman–Crippen MR) is 149 cm³/mol. The monoisotopic (exact) mass is 522 g/mol. The molecule has 3 atom stereocenters. The standard InChI is InChI=1S/C32H30N2O5/c1-39-32(38)27(21-22-17-19-24(20-18-22)23-11-5-2-6-12-23)33-31(37)29(35)28(25-13-7-3-8-14-25)34-30(36)26-15-9-4-10-16-26/h2-20,27-29,35H,21H2,1H3,(H,33,37)(H,34,36)/t27-,28-,29+/m0/s1. The lowest BCUT2D eigenvalue weighted by Gasteiger charge is -2.26. The van der Waals surface area contributed by atoms with Gasteiger partial charge in [0.25, 0.3) is 11.8 Å². The van der Waals surface area contributed by atoms with E-state index in [2.05, 4.69) is 10.6 Å². The summed E-state index contributed by atoms with van der Waals surface area (Å²) in [6.07, 6.45) is -1.51. The number of carbonyl (C=O) groups excluding carboxylic acids is 3. The maximum atomic E-state index is 13.2. The van der Waals surface area contributed by atoms with Gasteiger partial charge in [0.15, 0.2) is 6.10 Å².